The van der Waals surface area contributed by atoms with Crippen LogP contribution >= 0.6 is 15.9 Å². The number of nitrogens with zero attached hydrogens (tertiary/aromatic N) is 2. The van der Waals surface area contributed by atoms with E-state index in [-0.39, 0.29) is 0 Å². The van der Waals surface area contributed by atoms with E-state index in [4.69, 9.17) is 6.42 Å². The molecule has 1 aromatic carbocycles. The van der Waals surface area contributed by atoms with Crippen LogP contribution in [0.15, 0.2) is 28.9 Å². The van der Waals surface area contributed by atoms with Gasteiger partial charge in [-0.25, -0.2) is 0 Å². The Hall–Kier alpha value is -1.24. The molecule has 2 aromatic rings. The van der Waals surface area contributed by atoms with Crippen molar-refractivity contribution < 1.29 is 0 Å². The molecular formula is C17H19BrN2. The number of hydrogen-bond acceptors (Lipinski definition) is 1. The Labute approximate surface area is 128 Å². The molecule has 1 aromatic heterocycles. The normalized spacial score (nSPS) is 16.4. The fraction of sp³-hybridized carbons (Fsp3) is 0.412. The summed E-state index contributed by atoms with van der Waals surface area (Å²) in [4.78, 5) is 2.55. The zero-order valence-electron chi connectivity index (χ0n) is 11.6. The molecular weight excluding hydrogens is 312 g/mol. The van der Waals surface area contributed by atoms with Crippen molar-refractivity contribution in [3.05, 3.63) is 34.4 Å². The summed E-state index contributed by atoms with van der Waals surface area (Å²) in [6.07, 6.45) is 11.7. The third kappa shape index (κ3) is 2.77. The van der Waals surface area contributed by atoms with E-state index in [1.165, 1.54) is 48.8 Å². The van der Waals surface area contributed by atoms with Crippen molar-refractivity contribution >= 4 is 26.8 Å². The van der Waals surface area contributed by atoms with Gasteiger partial charge in [0.15, 0.2) is 0 Å². The van der Waals surface area contributed by atoms with E-state index in [0.29, 0.717) is 6.54 Å². The van der Waals surface area contributed by atoms with Gasteiger partial charge in [-0.05, 0) is 49.7 Å². The highest BCUT2D eigenvalue weighted by Gasteiger charge is 2.14. The molecule has 0 spiro atoms. The number of likely N-dealkylation sites (tertiary alicyclic amines) is 1. The predicted octanol–water partition coefficient (Wildman–Crippen LogP) is 4.02. The van der Waals surface area contributed by atoms with Gasteiger partial charge < -0.3 is 4.57 Å². The Balaban J connectivity index is 1.96. The summed E-state index contributed by atoms with van der Waals surface area (Å²) in [5.41, 5.74) is 2.62. The topological polar surface area (TPSA) is 8.17 Å². The predicted molar refractivity (Wildman–Crippen MR) is 87.6 cm³/mol. The largest absolute Gasteiger partial charge is 0.336 e. The monoisotopic (exact) mass is 330 g/mol. The first kappa shape index (κ1) is 13.7. The maximum Gasteiger partial charge on any atom is 0.0835 e. The highest BCUT2D eigenvalue weighted by molar-refractivity contribution is 9.10. The SMILES string of the molecule is C#CCn1cc(CN2CCCCC2)c2cc(Br)ccc21. The number of terminal acetylenes is 1. The summed E-state index contributed by atoms with van der Waals surface area (Å²) in [6.45, 7) is 4.11. The lowest BCUT2D eigenvalue weighted by Gasteiger charge is -2.26. The van der Waals surface area contributed by atoms with Gasteiger partial charge in [0.2, 0.25) is 0 Å². The van der Waals surface area contributed by atoms with Crippen molar-refractivity contribution in [1.82, 2.24) is 9.47 Å². The smallest absolute Gasteiger partial charge is 0.0835 e. The molecule has 1 aliphatic rings. The van der Waals surface area contributed by atoms with Gasteiger partial charge in [0.25, 0.3) is 0 Å². The zero-order valence-corrected chi connectivity index (χ0v) is 13.2. The van der Waals surface area contributed by atoms with Gasteiger partial charge in [-0.15, -0.1) is 6.42 Å². The van der Waals surface area contributed by atoms with E-state index in [9.17, 15) is 0 Å². The second kappa shape index (κ2) is 6.03. The lowest BCUT2D eigenvalue weighted by atomic mass is 10.1. The molecule has 2 heterocycles. The number of piperidine rings is 1. The number of rotatable bonds is 3. The van der Waals surface area contributed by atoms with Crippen LogP contribution in [0.5, 0.6) is 0 Å². The summed E-state index contributed by atoms with van der Waals surface area (Å²) < 4.78 is 3.31. The molecule has 20 heavy (non-hydrogen) atoms. The molecule has 0 radical (unpaired) electrons. The van der Waals surface area contributed by atoms with Gasteiger partial charge >= 0.3 is 0 Å². The standard InChI is InChI=1S/C17H19BrN2/c1-2-8-20-13-14(12-19-9-4-3-5-10-19)16-11-15(18)6-7-17(16)20/h1,6-7,11,13H,3-5,8-10,12H2. The van der Waals surface area contributed by atoms with Crippen molar-refractivity contribution in [2.24, 2.45) is 0 Å². The fourth-order valence-corrected chi connectivity index (χ4v) is 3.42. The molecule has 104 valence electrons. The molecule has 1 saturated heterocycles. The molecule has 0 unspecified atom stereocenters. The van der Waals surface area contributed by atoms with Gasteiger partial charge in [-0.3, -0.25) is 4.90 Å². The Bertz CT molecular complexity index is 645. The first-order valence-electron chi connectivity index (χ1n) is 7.21. The molecule has 0 bridgehead atoms. The Kier molecular flexibility index (Phi) is 4.14. The van der Waals surface area contributed by atoms with E-state index < -0.39 is 0 Å². The second-order valence-electron chi connectivity index (χ2n) is 5.48. The second-order valence-corrected chi connectivity index (χ2v) is 6.40. The first-order chi connectivity index (χ1) is 9.78. The molecule has 0 aliphatic carbocycles. The molecule has 0 N–H and O–H groups in total. The van der Waals surface area contributed by atoms with Gasteiger partial charge in [-0.1, -0.05) is 28.3 Å². The quantitative estimate of drug-likeness (QED) is 0.771. The maximum atomic E-state index is 5.48. The minimum atomic E-state index is 0.637. The molecule has 3 heteroatoms. The Morgan fingerprint density at radius 1 is 1.20 bits per heavy atom. The highest BCUT2D eigenvalue weighted by Crippen LogP contribution is 2.27. The summed E-state index contributed by atoms with van der Waals surface area (Å²) >= 11 is 3.58. The minimum Gasteiger partial charge on any atom is -0.336 e. The lowest BCUT2D eigenvalue weighted by molar-refractivity contribution is 0.221. The van der Waals surface area contributed by atoms with Crippen molar-refractivity contribution in [2.75, 3.05) is 13.1 Å². The fourth-order valence-electron chi connectivity index (χ4n) is 3.06. The van der Waals surface area contributed by atoms with Crippen LogP contribution in [0.3, 0.4) is 0 Å². The lowest BCUT2D eigenvalue weighted by Crippen LogP contribution is -2.28. The van der Waals surface area contributed by atoms with Gasteiger partial charge in [0.05, 0.1) is 6.54 Å². The van der Waals surface area contributed by atoms with Crippen molar-refractivity contribution in [2.45, 2.75) is 32.4 Å². The number of aromatic nitrogens is 1. The molecule has 0 saturated carbocycles. The van der Waals surface area contributed by atoms with Crippen molar-refractivity contribution in [1.29, 1.82) is 0 Å². The van der Waals surface area contributed by atoms with E-state index >= 15 is 0 Å². The molecule has 1 aliphatic heterocycles. The van der Waals surface area contributed by atoms with Crippen molar-refractivity contribution in [3.63, 3.8) is 0 Å². The Morgan fingerprint density at radius 3 is 2.75 bits per heavy atom. The minimum absolute atomic E-state index is 0.637. The number of hydrogen-bond donors (Lipinski definition) is 0. The van der Waals surface area contributed by atoms with E-state index in [2.05, 4.69) is 55.7 Å². The van der Waals surface area contributed by atoms with Crippen molar-refractivity contribution in [3.8, 4) is 12.3 Å². The zero-order chi connectivity index (χ0) is 13.9. The molecule has 0 atom stereocenters. The van der Waals surface area contributed by atoms with E-state index in [1.807, 2.05) is 0 Å². The maximum absolute atomic E-state index is 5.48. The van der Waals surface area contributed by atoms with Crippen LogP contribution < -0.4 is 0 Å². The van der Waals surface area contributed by atoms with Crippen LogP contribution in [0.1, 0.15) is 24.8 Å². The average molecular weight is 331 g/mol. The third-order valence-electron chi connectivity index (χ3n) is 4.03. The Morgan fingerprint density at radius 2 is 2.00 bits per heavy atom. The molecule has 3 rings (SSSR count). The average Bonchev–Trinajstić information content (AvgIpc) is 2.78. The van der Waals surface area contributed by atoms with Gasteiger partial charge in [0, 0.05) is 28.1 Å². The first-order valence-corrected chi connectivity index (χ1v) is 8.00. The van der Waals surface area contributed by atoms with E-state index in [1.54, 1.807) is 0 Å². The third-order valence-corrected chi connectivity index (χ3v) is 4.52. The summed E-state index contributed by atoms with van der Waals surface area (Å²) in [6, 6.07) is 6.44. The van der Waals surface area contributed by atoms with Crippen LogP contribution in [0, 0.1) is 12.3 Å². The summed E-state index contributed by atoms with van der Waals surface area (Å²) in [5, 5.41) is 1.32. The molecule has 0 amide bonds. The van der Waals surface area contributed by atoms with Crippen LogP contribution in [0.2, 0.25) is 0 Å². The van der Waals surface area contributed by atoms with E-state index in [0.717, 1.165) is 11.0 Å². The summed E-state index contributed by atoms with van der Waals surface area (Å²) in [5.74, 6) is 2.75. The van der Waals surface area contributed by atoms with Crippen LogP contribution in [-0.4, -0.2) is 22.6 Å². The highest BCUT2D eigenvalue weighted by atomic mass is 79.9. The number of fused-ring (bicyclic) bond motifs is 1. The van der Waals surface area contributed by atoms with Crippen LogP contribution in [0.25, 0.3) is 10.9 Å². The molecule has 1 fully saturated rings. The van der Waals surface area contributed by atoms with Gasteiger partial charge in [0.1, 0.15) is 0 Å². The molecule has 2 nitrogen and oxygen atoms in total. The number of halogens is 1. The van der Waals surface area contributed by atoms with Crippen LogP contribution in [-0.2, 0) is 13.1 Å². The van der Waals surface area contributed by atoms with Crippen LogP contribution in [0.4, 0.5) is 0 Å². The summed E-state index contributed by atoms with van der Waals surface area (Å²) in [7, 11) is 0. The van der Waals surface area contributed by atoms with Gasteiger partial charge in [-0.2, -0.15) is 0 Å². The number of benzene rings is 1.